The Kier molecular flexibility index (Phi) is 6.57. The van der Waals surface area contributed by atoms with E-state index in [0.717, 1.165) is 61.7 Å². The van der Waals surface area contributed by atoms with E-state index in [1.807, 2.05) is 18.2 Å². The van der Waals surface area contributed by atoms with Gasteiger partial charge in [-0.15, -0.1) is 0 Å². The third-order valence-corrected chi connectivity index (χ3v) is 6.84. The number of nitrogens with zero attached hydrogens (tertiary/aromatic N) is 2. The molecule has 1 atom stereocenters. The summed E-state index contributed by atoms with van der Waals surface area (Å²) in [5.41, 5.74) is 8.75. The van der Waals surface area contributed by atoms with Gasteiger partial charge >= 0.3 is 0 Å². The monoisotopic (exact) mass is 452 g/mol. The lowest BCUT2D eigenvalue weighted by Gasteiger charge is -2.31. The van der Waals surface area contributed by atoms with Crippen LogP contribution in [0.1, 0.15) is 45.6 Å². The lowest BCUT2D eigenvalue weighted by molar-refractivity contribution is 0.0921. The van der Waals surface area contributed by atoms with E-state index >= 15 is 0 Å². The van der Waals surface area contributed by atoms with Gasteiger partial charge in [-0.05, 0) is 54.3 Å². The van der Waals surface area contributed by atoms with Gasteiger partial charge in [0.05, 0.1) is 12.6 Å². The molecule has 2 aliphatic rings. The SMILES string of the molecule is CC1=NCc2ccc(-c3cccc(C(=O)NC(CN4CCNCC4)c4cccc(C)c4)c3)cc21. The minimum atomic E-state index is -0.0620. The van der Waals surface area contributed by atoms with Crippen LogP contribution in [0.25, 0.3) is 11.1 Å². The normalized spacial score (nSPS) is 16.6. The molecule has 2 aliphatic heterocycles. The zero-order valence-electron chi connectivity index (χ0n) is 20.0. The van der Waals surface area contributed by atoms with Crippen molar-refractivity contribution in [2.24, 2.45) is 4.99 Å². The van der Waals surface area contributed by atoms with Crippen molar-refractivity contribution in [1.29, 1.82) is 0 Å². The van der Waals surface area contributed by atoms with Crippen LogP contribution < -0.4 is 10.6 Å². The Morgan fingerprint density at radius 3 is 2.62 bits per heavy atom. The number of aliphatic imine (C=N–C) groups is 1. The van der Waals surface area contributed by atoms with Gasteiger partial charge in [-0.2, -0.15) is 0 Å². The Bertz CT molecular complexity index is 1230. The number of hydrogen-bond acceptors (Lipinski definition) is 4. The number of rotatable bonds is 6. The summed E-state index contributed by atoms with van der Waals surface area (Å²) < 4.78 is 0. The number of carbonyl (C=O) groups excluding carboxylic acids is 1. The van der Waals surface area contributed by atoms with Crippen LogP contribution >= 0.6 is 0 Å². The lowest BCUT2D eigenvalue weighted by atomic mass is 9.97. The number of fused-ring (bicyclic) bond motifs is 1. The van der Waals surface area contributed by atoms with Gasteiger partial charge in [-0.1, -0.05) is 54.1 Å². The topological polar surface area (TPSA) is 56.7 Å². The van der Waals surface area contributed by atoms with E-state index in [1.54, 1.807) is 0 Å². The molecule has 5 nitrogen and oxygen atoms in total. The maximum atomic E-state index is 13.4. The van der Waals surface area contributed by atoms with Gasteiger partial charge in [0.2, 0.25) is 0 Å². The zero-order chi connectivity index (χ0) is 23.5. The predicted molar refractivity (Wildman–Crippen MR) is 138 cm³/mol. The van der Waals surface area contributed by atoms with Gasteiger partial charge in [0, 0.05) is 49.6 Å². The third-order valence-electron chi connectivity index (χ3n) is 6.84. The molecule has 1 amide bonds. The van der Waals surface area contributed by atoms with Crippen molar-refractivity contribution in [1.82, 2.24) is 15.5 Å². The van der Waals surface area contributed by atoms with E-state index in [4.69, 9.17) is 0 Å². The van der Waals surface area contributed by atoms with Gasteiger partial charge in [0.15, 0.2) is 0 Å². The summed E-state index contributed by atoms with van der Waals surface area (Å²) in [6.07, 6.45) is 0. The molecular formula is C29H32N4O. The number of nitrogens with one attached hydrogen (secondary N) is 2. The minimum absolute atomic E-state index is 0.0395. The first kappa shape index (κ1) is 22.5. The van der Waals surface area contributed by atoms with E-state index in [0.29, 0.717) is 5.56 Å². The van der Waals surface area contributed by atoms with Crippen LogP contribution in [0, 0.1) is 6.92 Å². The first-order chi connectivity index (χ1) is 16.6. The molecule has 3 aromatic rings. The third kappa shape index (κ3) is 4.96. The van der Waals surface area contributed by atoms with Crippen molar-refractivity contribution in [3.05, 3.63) is 94.5 Å². The van der Waals surface area contributed by atoms with Crippen LogP contribution in [-0.2, 0) is 6.54 Å². The molecule has 0 aromatic heterocycles. The molecule has 0 saturated carbocycles. The van der Waals surface area contributed by atoms with E-state index in [9.17, 15) is 4.79 Å². The second-order valence-electron chi connectivity index (χ2n) is 9.35. The fourth-order valence-electron chi connectivity index (χ4n) is 4.87. The van der Waals surface area contributed by atoms with Crippen molar-refractivity contribution in [2.45, 2.75) is 26.4 Å². The minimum Gasteiger partial charge on any atom is -0.344 e. The molecule has 0 aliphatic carbocycles. The molecule has 174 valence electrons. The van der Waals surface area contributed by atoms with Gasteiger partial charge < -0.3 is 10.6 Å². The highest BCUT2D eigenvalue weighted by Crippen LogP contribution is 2.27. The quantitative estimate of drug-likeness (QED) is 0.584. The maximum absolute atomic E-state index is 13.4. The number of piperazine rings is 1. The van der Waals surface area contributed by atoms with E-state index in [2.05, 4.69) is 82.9 Å². The Labute approximate surface area is 201 Å². The highest BCUT2D eigenvalue weighted by Gasteiger charge is 2.21. The van der Waals surface area contributed by atoms with Crippen molar-refractivity contribution < 1.29 is 4.79 Å². The first-order valence-corrected chi connectivity index (χ1v) is 12.1. The van der Waals surface area contributed by atoms with Crippen LogP contribution in [0.4, 0.5) is 0 Å². The molecule has 2 N–H and O–H groups in total. The van der Waals surface area contributed by atoms with Crippen molar-refractivity contribution >= 4 is 11.6 Å². The summed E-state index contributed by atoms with van der Waals surface area (Å²) in [5.74, 6) is -0.0395. The molecule has 1 saturated heterocycles. The average molecular weight is 453 g/mol. The summed E-state index contributed by atoms with van der Waals surface area (Å²) >= 11 is 0. The second-order valence-corrected chi connectivity index (χ2v) is 9.35. The van der Waals surface area contributed by atoms with Crippen LogP contribution in [0.3, 0.4) is 0 Å². The van der Waals surface area contributed by atoms with Crippen LogP contribution in [-0.4, -0.2) is 49.2 Å². The zero-order valence-corrected chi connectivity index (χ0v) is 20.0. The Hall–Kier alpha value is -3.28. The van der Waals surface area contributed by atoms with Crippen molar-refractivity contribution in [3.63, 3.8) is 0 Å². The Morgan fingerprint density at radius 1 is 1.00 bits per heavy atom. The van der Waals surface area contributed by atoms with Gasteiger partial charge in [-0.25, -0.2) is 0 Å². The number of benzene rings is 3. The smallest absolute Gasteiger partial charge is 0.251 e. The maximum Gasteiger partial charge on any atom is 0.251 e. The van der Waals surface area contributed by atoms with E-state index in [-0.39, 0.29) is 11.9 Å². The molecule has 0 bridgehead atoms. The van der Waals surface area contributed by atoms with Crippen molar-refractivity contribution in [2.75, 3.05) is 32.7 Å². The second kappa shape index (κ2) is 9.92. The highest BCUT2D eigenvalue weighted by atomic mass is 16.1. The number of hydrogen-bond donors (Lipinski definition) is 2. The molecular weight excluding hydrogens is 420 g/mol. The fraction of sp³-hybridized carbons (Fsp3) is 0.310. The first-order valence-electron chi connectivity index (χ1n) is 12.1. The van der Waals surface area contributed by atoms with Crippen LogP contribution in [0.5, 0.6) is 0 Å². The highest BCUT2D eigenvalue weighted by molar-refractivity contribution is 6.03. The summed E-state index contributed by atoms with van der Waals surface area (Å²) in [5, 5.41) is 6.74. The number of amides is 1. The van der Waals surface area contributed by atoms with Crippen LogP contribution in [0.2, 0.25) is 0 Å². The fourth-order valence-corrected chi connectivity index (χ4v) is 4.87. The van der Waals surface area contributed by atoms with E-state index in [1.165, 1.54) is 16.7 Å². The molecule has 5 rings (SSSR count). The Balaban J connectivity index is 1.38. The summed E-state index contributed by atoms with van der Waals surface area (Å²) in [4.78, 5) is 20.4. The Morgan fingerprint density at radius 2 is 1.79 bits per heavy atom. The molecule has 1 unspecified atom stereocenters. The summed E-state index contributed by atoms with van der Waals surface area (Å²) in [7, 11) is 0. The molecule has 1 fully saturated rings. The molecule has 0 spiro atoms. The molecule has 2 heterocycles. The lowest BCUT2D eigenvalue weighted by Crippen LogP contribution is -2.47. The number of aryl methyl sites for hydroxylation is 1. The predicted octanol–water partition coefficient (Wildman–Crippen LogP) is 4.36. The molecule has 0 radical (unpaired) electrons. The molecule has 3 aromatic carbocycles. The van der Waals surface area contributed by atoms with Gasteiger partial charge in [0.25, 0.3) is 5.91 Å². The molecule has 5 heteroatoms. The van der Waals surface area contributed by atoms with Crippen molar-refractivity contribution in [3.8, 4) is 11.1 Å². The van der Waals surface area contributed by atoms with Crippen LogP contribution in [0.15, 0.2) is 71.7 Å². The average Bonchev–Trinajstić information content (AvgIpc) is 3.24. The van der Waals surface area contributed by atoms with Gasteiger partial charge in [0.1, 0.15) is 0 Å². The summed E-state index contributed by atoms with van der Waals surface area (Å²) in [6.45, 7) is 9.69. The molecule has 34 heavy (non-hydrogen) atoms. The summed E-state index contributed by atoms with van der Waals surface area (Å²) in [6, 6.07) is 22.8. The number of carbonyl (C=O) groups is 1. The van der Waals surface area contributed by atoms with Gasteiger partial charge in [-0.3, -0.25) is 14.7 Å². The standard InChI is InChI=1S/C29H32N4O/c1-20-5-3-7-24(15-20)28(19-33-13-11-30-12-14-33)32-29(34)25-8-4-6-22(16-25)23-9-10-26-18-31-21(2)27(26)17-23/h3-10,15-17,28,30H,11-14,18-19H2,1-2H3,(H,32,34). The largest absolute Gasteiger partial charge is 0.344 e. The van der Waals surface area contributed by atoms with E-state index < -0.39 is 0 Å².